The maximum absolute atomic E-state index is 11.8. The molecule has 6 nitrogen and oxygen atoms in total. The van der Waals surface area contributed by atoms with Crippen LogP contribution in [-0.2, 0) is 9.53 Å². The highest BCUT2D eigenvalue weighted by Crippen LogP contribution is 2.22. The van der Waals surface area contributed by atoms with E-state index in [1.807, 2.05) is 6.92 Å². The Hall–Kier alpha value is -1.30. The third-order valence-corrected chi connectivity index (χ3v) is 3.34. The number of hydrogen-bond acceptors (Lipinski definition) is 3. The average molecular weight is 242 g/mol. The molecule has 0 aromatic carbocycles. The molecule has 2 rings (SSSR count). The van der Waals surface area contributed by atoms with Crippen molar-refractivity contribution in [3.63, 3.8) is 0 Å². The highest BCUT2D eigenvalue weighted by molar-refractivity contribution is 5.76. The second-order valence-electron chi connectivity index (χ2n) is 5.16. The van der Waals surface area contributed by atoms with Crippen molar-refractivity contribution in [2.75, 3.05) is 26.3 Å². The molecule has 0 bridgehead atoms. The lowest BCUT2D eigenvalue weighted by atomic mass is 9.96. The van der Waals surface area contributed by atoms with Crippen molar-refractivity contribution in [2.45, 2.75) is 25.3 Å². The maximum Gasteiger partial charge on any atom is 0.317 e. The van der Waals surface area contributed by atoms with E-state index in [9.17, 15) is 9.59 Å². The number of nitrogens with one attached hydrogen (secondary N) is 1. The summed E-state index contributed by atoms with van der Waals surface area (Å²) in [5.41, 5.74) is -0.269. The minimum Gasteiger partial charge on any atom is -0.481 e. The van der Waals surface area contributed by atoms with E-state index in [0.717, 1.165) is 6.42 Å². The Labute approximate surface area is 99.9 Å². The van der Waals surface area contributed by atoms with Crippen LogP contribution >= 0.6 is 0 Å². The molecule has 2 N–H and O–H groups in total. The number of hydrogen-bond donors (Lipinski definition) is 2. The number of nitrogens with zero attached hydrogens (tertiary/aromatic N) is 1. The second-order valence-corrected chi connectivity index (χ2v) is 5.16. The molecule has 6 heteroatoms. The SMILES string of the molecule is CC1(NC(=O)N2CC(CC(=O)O)C2)CCOC1. The van der Waals surface area contributed by atoms with Gasteiger partial charge in [0.2, 0.25) is 0 Å². The largest absolute Gasteiger partial charge is 0.481 e. The van der Waals surface area contributed by atoms with Gasteiger partial charge in [0.25, 0.3) is 0 Å². The van der Waals surface area contributed by atoms with Gasteiger partial charge in [0.05, 0.1) is 18.6 Å². The van der Waals surface area contributed by atoms with E-state index >= 15 is 0 Å². The number of carboxylic acids is 1. The number of carbonyl (C=O) groups is 2. The number of carbonyl (C=O) groups excluding carboxylic acids is 1. The van der Waals surface area contributed by atoms with Crippen LogP contribution in [0.5, 0.6) is 0 Å². The molecule has 2 amide bonds. The van der Waals surface area contributed by atoms with Crippen LogP contribution in [-0.4, -0.2) is 53.8 Å². The van der Waals surface area contributed by atoms with Crippen LogP contribution in [0.2, 0.25) is 0 Å². The van der Waals surface area contributed by atoms with Crippen LogP contribution in [0.25, 0.3) is 0 Å². The first kappa shape index (κ1) is 12.2. The maximum atomic E-state index is 11.8. The van der Waals surface area contributed by atoms with Crippen LogP contribution in [0.4, 0.5) is 4.79 Å². The van der Waals surface area contributed by atoms with Gasteiger partial charge in [0.15, 0.2) is 0 Å². The molecule has 0 spiro atoms. The molecular weight excluding hydrogens is 224 g/mol. The lowest BCUT2D eigenvalue weighted by Crippen LogP contribution is -2.59. The summed E-state index contributed by atoms with van der Waals surface area (Å²) in [7, 11) is 0. The Morgan fingerprint density at radius 3 is 2.76 bits per heavy atom. The summed E-state index contributed by atoms with van der Waals surface area (Å²) in [6.45, 7) is 4.26. The molecular formula is C11H18N2O4. The number of rotatable bonds is 3. The molecule has 2 saturated heterocycles. The fourth-order valence-corrected chi connectivity index (χ4v) is 2.21. The van der Waals surface area contributed by atoms with E-state index in [-0.39, 0.29) is 23.9 Å². The van der Waals surface area contributed by atoms with Crippen LogP contribution in [0.15, 0.2) is 0 Å². The van der Waals surface area contributed by atoms with Gasteiger partial charge in [-0.3, -0.25) is 4.79 Å². The molecule has 17 heavy (non-hydrogen) atoms. The summed E-state index contributed by atoms with van der Waals surface area (Å²) in [6.07, 6.45) is 0.968. The van der Waals surface area contributed by atoms with E-state index in [0.29, 0.717) is 26.3 Å². The van der Waals surface area contributed by atoms with Gasteiger partial charge in [-0.05, 0) is 13.3 Å². The van der Waals surface area contributed by atoms with Crippen molar-refractivity contribution >= 4 is 12.0 Å². The lowest BCUT2D eigenvalue weighted by Gasteiger charge is -2.40. The van der Waals surface area contributed by atoms with Gasteiger partial charge < -0.3 is 20.1 Å². The molecule has 1 unspecified atom stereocenters. The normalized spacial score (nSPS) is 28.9. The third kappa shape index (κ3) is 2.88. The highest BCUT2D eigenvalue weighted by atomic mass is 16.5. The first-order chi connectivity index (χ1) is 7.98. The summed E-state index contributed by atoms with van der Waals surface area (Å²) >= 11 is 0. The van der Waals surface area contributed by atoms with E-state index in [2.05, 4.69) is 5.32 Å². The molecule has 0 aromatic rings. The molecule has 2 aliphatic heterocycles. The van der Waals surface area contributed by atoms with E-state index in [1.165, 1.54) is 0 Å². The topological polar surface area (TPSA) is 78.9 Å². The lowest BCUT2D eigenvalue weighted by molar-refractivity contribution is -0.139. The van der Waals surface area contributed by atoms with Gasteiger partial charge in [-0.1, -0.05) is 0 Å². The van der Waals surface area contributed by atoms with Gasteiger partial charge in [0.1, 0.15) is 0 Å². The Kier molecular flexibility index (Phi) is 3.24. The van der Waals surface area contributed by atoms with Crippen molar-refractivity contribution in [3.05, 3.63) is 0 Å². The summed E-state index contributed by atoms with van der Waals surface area (Å²) in [6, 6.07) is -0.111. The molecule has 0 aromatic heterocycles. The van der Waals surface area contributed by atoms with Crippen molar-refractivity contribution in [1.29, 1.82) is 0 Å². The summed E-state index contributed by atoms with van der Waals surface area (Å²) in [4.78, 5) is 24.0. The van der Waals surface area contributed by atoms with Gasteiger partial charge in [-0.15, -0.1) is 0 Å². The third-order valence-electron chi connectivity index (χ3n) is 3.34. The fraction of sp³-hybridized carbons (Fsp3) is 0.818. The Morgan fingerprint density at radius 1 is 1.53 bits per heavy atom. The number of aliphatic carboxylic acids is 1. The van der Waals surface area contributed by atoms with E-state index in [1.54, 1.807) is 4.90 Å². The first-order valence-electron chi connectivity index (χ1n) is 5.85. The Balaban J connectivity index is 1.74. The molecule has 2 heterocycles. The summed E-state index contributed by atoms with van der Waals surface area (Å²) in [5.74, 6) is -0.697. The van der Waals surface area contributed by atoms with Crippen LogP contribution in [0.3, 0.4) is 0 Å². The zero-order valence-electron chi connectivity index (χ0n) is 9.94. The minimum atomic E-state index is -0.800. The molecule has 2 fully saturated rings. The molecule has 1 atom stereocenters. The fourth-order valence-electron chi connectivity index (χ4n) is 2.21. The monoisotopic (exact) mass is 242 g/mol. The number of carboxylic acid groups (broad SMARTS) is 1. The van der Waals surface area contributed by atoms with E-state index < -0.39 is 5.97 Å². The average Bonchev–Trinajstić information content (AvgIpc) is 2.57. The molecule has 96 valence electrons. The van der Waals surface area contributed by atoms with Crippen molar-refractivity contribution < 1.29 is 19.4 Å². The van der Waals surface area contributed by atoms with Gasteiger partial charge in [0, 0.05) is 25.6 Å². The number of amides is 2. The predicted octanol–water partition coefficient (Wildman–Crippen LogP) is 0.281. The van der Waals surface area contributed by atoms with Gasteiger partial charge in [-0.25, -0.2) is 4.79 Å². The van der Waals surface area contributed by atoms with Crippen molar-refractivity contribution in [3.8, 4) is 0 Å². The summed E-state index contributed by atoms with van der Waals surface area (Å²) < 4.78 is 5.26. The van der Waals surface area contributed by atoms with Crippen LogP contribution in [0, 0.1) is 5.92 Å². The molecule has 0 saturated carbocycles. The highest BCUT2D eigenvalue weighted by Gasteiger charge is 2.37. The molecule has 2 aliphatic rings. The molecule has 0 radical (unpaired) electrons. The van der Waals surface area contributed by atoms with E-state index in [4.69, 9.17) is 9.84 Å². The zero-order chi connectivity index (χ0) is 12.5. The van der Waals surface area contributed by atoms with Crippen LogP contribution in [0.1, 0.15) is 19.8 Å². The Bertz CT molecular complexity index is 319. The number of ether oxygens (including phenoxy) is 1. The predicted molar refractivity (Wildman–Crippen MR) is 59.7 cm³/mol. The Morgan fingerprint density at radius 2 is 2.24 bits per heavy atom. The minimum absolute atomic E-state index is 0.103. The summed E-state index contributed by atoms with van der Waals surface area (Å²) in [5, 5.41) is 11.6. The number of urea groups is 1. The number of likely N-dealkylation sites (tertiary alicyclic amines) is 1. The quantitative estimate of drug-likeness (QED) is 0.745. The van der Waals surface area contributed by atoms with Crippen LogP contribution < -0.4 is 5.32 Å². The molecule has 0 aliphatic carbocycles. The second kappa shape index (κ2) is 4.52. The zero-order valence-corrected chi connectivity index (χ0v) is 9.94. The first-order valence-corrected chi connectivity index (χ1v) is 5.85. The van der Waals surface area contributed by atoms with Crippen molar-refractivity contribution in [1.82, 2.24) is 10.2 Å². The smallest absolute Gasteiger partial charge is 0.317 e. The standard InChI is InChI=1S/C11H18N2O4/c1-11(2-3-17-7-11)12-10(16)13-5-8(6-13)4-9(14)15/h8H,2-7H2,1H3,(H,12,16)(H,14,15). The van der Waals surface area contributed by atoms with Gasteiger partial charge >= 0.3 is 12.0 Å². The van der Waals surface area contributed by atoms with Crippen molar-refractivity contribution in [2.24, 2.45) is 5.92 Å². The van der Waals surface area contributed by atoms with Gasteiger partial charge in [-0.2, -0.15) is 0 Å².